The first-order valence-electron chi connectivity index (χ1n) is 6.09. The topological polar surface area (TPSA) is 24.9 Å². The van der Waals surface area contributed by atoms with Gasteiger partial charge in [-0.15, -0.1) is 0 Å². The predicted octanol–water partition coefficient (Wildman–Crippen LogP) is 4.77. The molecule has 0 amide bonds. The maximum absolute atomic E-state index is 4.35. The van der Waals surface area contributed by atoms with Crippen molar-refractivity contribution in [3.05, 3.63) is 51.6 Å². The highest BCUT2D eigenvalue weighted by Crippen LogP contribution is 2.22. The van der Waals surface area contributed by atoms with Gasteiger partial charge in [-0.1, -0.05) is 13.0 Å². The normalized spacial score (nSPS) is 10.4. The van der Waals surface area contributed by atoms with Gasteiger partial charge in [-0.25, -0.2) is 4.98 Å². The van der Waals surface area contributed by atoms with Crippen molar-refractivity contribution in [1.82, 2.24) is 4.98 Å². The summed E-state index contributed by atoms with van der Waals surface area (Å²) in [7, 11) is 0. The molecule has 1 heterocycles. The van der Waals surface area contributed by atoms with E-state index >= 15 is 0 Å². The third kappa shape index (κ3) is 2.91. The molecule has 0 aliphatic carbocycles. The van der Waals surface area contributed by atoms with Crippen LogP contribution in [0.4, 0.5) is 11.5 Å². The van der Waals surface area contributed by atoms with Crippen molar-refractivity contribution in [2.75, 3.05) is 5.32 Å². The Morgan fingerprint density at radius 1 is 1.17 bits per heavy atom. The highest BCUT2D eigenvalue weighted by atomic mass is 79.9. The Bertz CT molecular complexity index is 564. The van der Waals surface area contributed by atoms with E-state index in [1.54, 1.807) is 0 Å². The summed E-state index contributed by atoms with van der Waals surface area (Å²) in [5.41, 5.74) is 4.96. The third-order valence-corrected chi connectivity index (χ3v) is 3.87. The lowest BCUT2D eigenvalue weighted by atomic mass is 10.1. The quantitative estimate of drug-likeness (QED) is 0.883. The molecule has 18 heavy (non-hydrogen) atoms. The Morgan fingerprint density at radius 3 is 2.56 bits per heavy atom. The maximum Gasteiger partial charge on any atom is 0.130 e. The van der Waals surface area contributed by atoms with Gasteiger partial charge in [0.05, 0.1) is 0 Å². The monoisotopic (exact) mass is 304 g/mol. The summed E-state index contributed by atoms with van der Waals surface area (Å²) in [5.74, 6) is 0.874. The summed E-state index contributed by atoms with van der Waals surface area (Å²) in [6.45, 7) is 6.38. The van der Waals surface area contributed by atoms with E-state index in [0.717, 1.165) is 22.4 Å². The standard InChI is InChI=1S/C15H17BrN2/c1-4-12-5-6-13(7-10(12)2)18-15-8-11(3)14(16)9-17-15/h5-9H,4H2,1-3H3,(H,17,18). The molecule has 3 heteroatoms. The van der Waals surface area contributed by atoms with Crippen LogP contribution in [0.2, 0.25) is 0 Å². The number of aryl methyl sites for hydroxylation is 3. The molecule has 0 aliphatic heterocycles. The number of aromatic nitrogens is 1. The van der Waals surface area contributed by atoms with Crippen LogP contribution in [0.1, 0.15) is 23.6 Å². The van der Waals surface area contributed by atoms with Crippen molar-refractivity contribution in [1.29, 1.82) is 0 Å². The molecule has 0 saturated carbocycles. The number of halogens is 1. The van der Waals surface area contributed by atoms with Gasteiger partial charge in [-0.2, -0.15) is 0 Å². The lowest BCUT2D eigenvalue weighted by Crippen LogP contribution is -1.96. The zero-order valence-corrected chi connectivity index (χ0v) is 12.5. The Hall–Kier alpha value is -1.35. The maximum atomic E-state index is 4.35. The van der Waals surface area contributed by atoms with Crippen LogP contribution in [-0.4, -0.2) is 4.98 Å². The minimum absolute atomic E-state index is 0.874. The van der Waals surface area contributed by atoms with Gasteiger partial charge < -0.3 is 5.32 Å². The Balaban J connectivity index is 2.23. The minimum atomic E-state index is 0.874. The fourth-order valence-corrected chi connectivity index (χ4v) is 2.14. The average Bonchev–Trinajstić information content (AvgIpc) is 2.34. The van der Waals surface area contributed by atoms with Gasteiger partial charge in [0.1, 0.15) is 5.82 Å². The third-order valence-electron chi connectivity index (χ3n) is 3.04. The predicted molar refractivity (Wildman–Crippen MR) is 80.5 cm³/mol. The van der Waals surface area contributed by atoms with E-state index in [1.807, 2.05) is 12.3 Å². The molecule has 0 saturated heterocycles. The SMILES string of the molecule is CCc1ccc(Nc2cc(C)c(Br)cn2)cc1C. The molecule has 0 atom stereocenters. The summed E-state index contributed by atoms with van der Waals surface area (Å²) in [5, 5.41) is 3.33. The second-order valence-corrected chi connectivity index (χ2v) is 5.29. The molecule has 2 nitrogen and oxygen atoms in total. The molecule has 0 aliphatic rings. The van der Waals surface area contributed by atoms with Crippen LogP contribution in [0.5, 0.6) is 0 Å². The van der Waals surface area contributed by atoms with Gasteiger partial charge >= 0.3 is 0 Å². The minimum Gasteiger partial charge on any atom is -0.340 e. The molecule has 0 fully saturated rings. The molecule has 1 aromatic carbocycles. The zero-order valence-electron chi connectivity index (χ0n) is 10.9. The van der Waals surface area contributed by atoms with Crippen LogP contribution in [0, 0.1) is 13.8 Å². The fourth-order valence-electron chi connectivity index (χ4n) is 1.93. The molecule has 0 unspecified atom stereocenters. The van der Waals surface area contributed by atoms with E-state index in [9.17, 15) is 0 Å². The van der Waals surface area contributed by atoms with E-state index < -0.39 is 0 Å². The van der Waals surface area contributed by atoms with Crippen LogP contribution in [0.3, 0.4) is 0 Å². The molecular formula is C15H17BrN2. The van der Waals surface area contributed by atoms with Crippen LogP contribution in [0.15, 0.2) is 34.9 Å². The Morgan fingerprint density at radius 2 is 1.94 bits per heavy atom. The van der Waals surface area contributed by atoms with Crippen LogP contribution < -0.4 is 5.32 Å². The van der Waals surface area contributed by atoms with Crippen molar-refractivity contribution in [3.8, 4) is 0 Å². The van der Waals surface area contributed by atoms with Crippen molar-refractivity contribution in [2.45, 2.75) is 27.2 Å². The van der Waals surface area contributed by atoms with Crippen molar-refractivity contribution in [2.24, 2.45) is 0 Å². The molecule has 2 rings (SSSR count). The van der Waals surface area contributed by atoms with Crippen LogP contribution >= 0.6 is 15.9 Å². The van der Waals surface area contributed by atoms with Gasteiger partial charge in [0.15, 0.2) is 0 Å². The molecule has 0 bridgehead atoms. The second-order valence-electron chi connectivity index (χ2n) is 4.44. The number of nitrogens with zero attached hydrogens (tertiary/aromatic N) is 1. The van der Waals surface area contributed by atoms with Crippen molar-refractivity contribution < 1.29 is 0 Å². The van der Waals surface area contributed by atoms with E-state index in [4.69, 9.17) is 0 Å². The molecule has 0 radical (unpaired) electrons. The molecular weight excluding hydrogens is 288 g/mol. The lowest BCUT2D eigenvalue weighted by molar-refractivity contribution is 1.11. The molecule has 0 spiro atoms. The number of hydrogen-bond acceptors (Lipinski definition) is 2. The highest BCUT2D eigenvalue weighted by molar-refractivity contribution is 9.10. The number of hydrogen-bond donors (Lipinski definition) is 1. The van der Waals surface area contributed by atoms with Gasteiger partial charge in [0, 0.05) is 16.4 Å². The van der Waals surface area contributed by atoms with Gasteiger partial charge in [0.2, 0.25) is 0 Å². The Kier molecular flexibility index (Phi) is 4.02. The lowest BCUT2D eigenvalue weighted by Gasteiger charge is -2.10. The number of nitrogens with one attached hydrogen (secondary N) is 1. The highest BCUT2D eigenvalue weighted by Gasteiger charge is 2.01. The molecule has 94 valence electrons. The summed E-state index contributed by atoms with van der Waals surface area (Å²) < 4.78 is 1.03. The number of anilines is 2. The summed E-state index contributed by atoms with van der Waals surface area (Å²) in [6, 6.07) is 8.47. The Labute approximate surface area is 117 Å². The molecule has 1 N–H and O–H groups in total. The van der Waals surface area contributed by atoms with E-state index in [2.05, 4.69) is 65.2 Å². The largest absolute Gasteiger partial charge is 0.340 e. The molecule has 1 aromatic heterocycles. The van der Waals surface area contributed by atoms with E-state index in [-0.39, 0.29) is 0 Å². The van der Waals surface area contributed by atoms with E-state index in [0.29, 0.717) is 0 Å². The van der Waals surface area contributed by atoms with Gasteiger partial charge in [0.25, 0.3) is 0 Å². The second kappa shape index (κ2) is 5.53. The van der Waals surface area contributed by atoms with Crippen LogP contribution in [-0.2, 0) is 6.42 Å². The van der Waals surface area contributed by atoms with Gasteiger partial charge in [-0.05, 0) is 71.1 Å². The summed E-state index contributed by atoms with van der Waals surface area (Å²) in [4.78, 5) is 4.35. The number of pyridine rings is 1. The van der Waals surface area contributed by atoms with E-state index in [1.165, 1.54) is 16.7 Å². The number of benzene rings is 1. The first-order valence-corrected chi connectivity index (χ1v) is 6.88. The first-order chi connectivity index (χ1) is 8.60. The smallest absolute Gasteiger partial charge is 0.130 e. The van der Waals surface area contributed by atoms with Crippen molar-refractivity contribution >= 4 is 27.4 Å². The first kappa shape index (κ1) is 13.1. The number of rotatable bonds is 3. The van der Waals surface area contributed by atoms with Gasteiger partial charge in [-0.3, -0.25) is 0 Å². The zero-order chi connectivity index (χ0) is 13.1. The summed E-state index contributed by atoms with van der Waals surface area (Å²) >= 11 is 3.45. The van der Waals surface area contributed by atoms with Crippen molar-refractivity contribution in [3.63, 3.8) is 0 Å². The summed E-state index contributed by atoms with van der Waals surface area (Å²) in [6.07, 6.45) is 2.90. The molecule has 2 aromatic rings. The van der Waals surface area contributed by atoms with Crippen LogP contribution in [0.25, 0.3) is 0 Å². The fraction of sp³-hybridized carbons (Fsp3) is 0.267. The average molecular weight is 305 g/mol.